The number of benzene rings is 3. The van der Waals surface area contributed by atoms with Crippen molar-refractivity contribution in [3.8, 4) is 11.5 Å². The first-order valence-electron chi connectivity index (χ1n) is 12.4. The van der Waals surface area contributed by atoms with Crippen LogP contribution in [0.25, 0.3) is 10.1 Å². The first-order valence-corrected chi connectivity index (χ1v) is 14.4. The lowest BCUT2D eigenvalue weighted by molar-refractivity contribution is -0.166. The Morgan fingerprint density at radius 3 is 2.30 bits per heavy atom. The number of anilines is 1. The number of carbonyl (C=O) groups excluding carboxylic acids is 2. The van der Waals surface area contributed by atoms with Gasteiger partial charge in [-0.25, -0.2) is 22.8 Å². The summed E-state index contributed by atoms with van der Waals surface area (Å²) in [5, 5.41) is 3.08. The molecule has 226 valence electrons. The lowest BCUT2D eigenvalue weighted by Gasteiger charge is -2.15. The van der Waals surface area contributed by atoms with Gasteiger partial charge in [0.25, 0.3) is 0 Å². The fraction of sp³-hybridized carbons (Fsp3) is 0.179. The molecule has 4 aromatic rings. The van der Waals surface area contributed by atoms with Crippen LogP contribution in [0, 0.1) is 29.1 Å². The molecule has 4 rings (SSSR count). The van der Waals surface area contributed by atoms with E-state index in [1.165, 1.54) is 30.3 Å². The number of para-hydroxylation sites is 2. The largest absolute Gasteiger partial charge is 0.593 e. The van der Waals surface area contributed by atoms with Crippen molar-refractivity contribution in [2.45, 2.75) is 26.3 Å². The predicted octanol–water partition coefficient (Wildman–Crippen LogP) is 6.77. The number of thiophene rings is 1. The average Bonchev–Trinajstić information content (AvgIpc) is 3.44. The highest BCUT2D eigenvalue weighted by Gasteiger charge is 2.29. The number of hydrogen-bond donors (Lipinski definition) is 1. The number of rotatable bonds is 10. The Balaban J connectivity index is 1.55. The van der Waals surface area contributed by atoms with Crippen molar-refractivity contribution in [3.05, 3.63) is 88.1 Å². The zero-order chi connectivity index (χ0) is 31.4. The van der Waals surface area contributed by atoms with E-state index in [1.54, 1.807) is 19.1 Å². The smallest absolute Gasteiger partial charge is 0.353 e. The molecule has 0 saturated carbocycles. The molecule has 0 aliphatic rings. The first-order chi connectivity index (χ1) is 20.4. The van der Waals surface area contributed by atoms with Gasteiger partial charge in [0.05, 0.1) is 17.9 Å². The van der Waals surface area contributed by atoms with E-state index in [0.29, 0.717) is 11.1 Å². The number of carbonyl (C=O) groups is 2. The summed E-state index contributed by atoms with van der Waals surface area (Å²) in [6, 6.07) is 10.3. The standard InChI is InChI=1S/C28H20F6NO6PS/c1-3-10-39-27(36)13(2)35-16-6-4-5-7-17(16)41-42(38)26(34)14-8-9-18-15(11-14)12-19(43-18)28(37)40-25-23(32)21(30)20(29)22(31)24(25)33/h4-9,11-13,35H,3,10H2,1-2H3/t13-/m0/s1. The van der Waals surface area contributed by atoms with Crippen molar-refractivity contribution in [2.75, 3.05) is 11.9 Å². The number of halogens is 6. The van der Waals surface area contributed by atoms with Crippen LogP contribution in [0.1, 0.15) is 35.5 Å². The third kappa shape index (κ3) is 6.93. The third-order valence-electron chi connectivity index (χ3n) is 5.72. The second-order valence-electron chi connectivity index (χ2n) is 8.82. The lowest BCUT2D eigenvalue weighted by atomic mass is 10.2. The predicted molar refractivity (Wildman–Crippen MR) is 147 cm³/mol. The lowest BCUT2D eigenvalue weighted by Crippen LogP contribution is -2.28. The zero-order valence-corrected chi connectivity index (χ0v) is 23.9. The van der Waals surface area contributed by atoms with Gasteiger partial charge in [0.1, 0.15) is 10.9 Å². The van der Waals surface area contributed by atoms with Crippen LogP contribution >= 0.6 is 19.3 Å². The van der Waals surface area contributed by atoms with Crippen molar-refractivity contribution in [1.29, 1.82) is 0 Å². The van der Waals surface area contributed by atoms with Gasteiger partial charge in [0.2, 0.25) is 40.6 Å². The molecular weight excluding hydrogens is 623 g/mol. The average molecular weight is 643 g/mol. The Hall–Kier alpha value is -4.13. The van der Waals surface area contributed by atoms with E-state index in [2.05, 4.69) is 10.1 Å². The van der Waals surface area contributed by atoms with Crippen LogP contribution in [-0.4, -0.2) is 30.1 Å². The van der Waals surface area contributed by atoms with E-state index in [1.807, 2.05) is 6.92 Å². The molecule has 2 atom stereocenters. The van der Waals surface area contributed by atoms with Crippen molar-refractivity contribution >= 4 is 52.6 Å². The molecule has 7 nitrogen and oxygen atoms in total. The monoisotopic (exact) mass is 643 g/mol. The molecule has 0 radical (unpaired) electrons. The summed E-state index contributed by atoms with van der Waals surface area (Å²) in [5.74, 6) is -15.4. The number of hydrogen-bond acceptors (Lipinski definition) is 8. The molecule has 0 saturated heterocycles. The maximum Gasteiger partial charge on any atom is 0.353 e. The SMILES string of the molecule is CCCOC(=O)[C@H](C)Nc1ccccc1O[P+]([O-])=C(F)c1ccc2sc(C(=O)Oc3c(F)c(F)c(F)c(F)c3F)cc2c1. The van der Waals surface area contributed by atoms with Crippen LogP contribution in [-0.2, 0) is 9.53 Å². The molecule has 3 aromatic carbocycles. The van der Waals surface area contributed by atoms with Gasteiger partial charge in [0, 0.05) is 4.70 Å². The minimum atomic E-state index is -3.10. The van der Waals surface area contributed by atoms with Gasteiger partial charge < -0.3 is 19.7 Å². The number of nitrogens with one attached hydrogen (secondary N) is 1. The molecule has 1 unspecified atom stereocenters. The van der Waals surface area contributed by atoms with Crippen molar-refractivity contribution in [2.24, 2.45) is 0 Å². The van der Waals surface area contributed by atoms with Gasteiger partial charge in [0.15, 0.2) is 0 Å². The summed E-state index contributed by atoms with van der Waals surface area (Å²) in [7, 11) is -3.10. The van der Waals surface area contributed by atoms with Gasteiger partial charge >= 0.3 is 25.5 Å². The van der Waals surface area contributed by atoms with Gasteiger partial charge in [-0.2, -0.15) is 13.2 Å². The second kappa shape index (κ2) is 13.4. The van der Waals surface area contributed by atoms with Crippen molar-refractivity contribution < 1.29 is 54.8 Å². The Morgan fingerprint density at radius 2 is 1.63 bits per heavy atom. The van der Waals surface area contributed by atoms with Crippen LogP contribution in [0.15, 0.2) is 48.5 Å². The molecule has 0 fully saturated rings. The van der Waals surface area contributed by atoms with Crippen LogP contribution in [0.2, 0.25) is 0 Å². The molecule has 0 spiro atoms. The quantitative estimate of drug-likeness (QED) is 0.0509. The van der Waals surface area contributed by atoms with E-state index in [-0.39, 0.29) is 33.9 Å². The summed E-state index contributed by atoms with van der Waals surface area (Å²) in [5.41, 5.74) is -1.10. The molecule has 0 bridgehead atoms. The van der Waals surface area contributed by atoms with Crippen LogP contribution in [0.4, 0.5) is 32.0 Å². The minimum absolute atomic E-state index is 0.0105. The van der Waals surface area contributed by atoms with E-state index in [0.717, 1.165) is 17.4 Å². The number of esters is 2. The van der Waals surface area contributed by atoms with E-state index in [9.17, 15) is 36.4 Å². The van der Waals surface area contributed by atoms with Crippen LogP contribution in [0.3, 0.4) is 0 Å². The topological polar surface area (TPSA) is 96.9 Å². The van der Waals surface area contributed by atoms with Crippen LogP contribution in [0.5, 0.6) is 11.5 Å². The first kappa shape index (κ1) is 31.8. The van der Waals surface area contributed by atoms with E-state index < -0.39 is 66.4 Å². The minimum Gasteiger partial charge on any atom is -0.593 e. The molecule has 0 amide bonds. The second-order valence-corrected chi connectivity index (χ2v) is 11.0. The van der Waals surface area contributed by atoms with Gasteiger partial charge in [-0.3, -0.25) is 4.52 Å². The summed E-state index contributed by atoms with van der Waals surface area (Å²) in [6.45, 7) is 3.62. The molecule has 15 heteroatoms. The fourth-order valence-corrected chi connectivity index (χ4v) is 5.30. The summed E-state index contributed by atoms with van der Waals surface area (Å²) >= 11 is 0.731. The highest BCUT2D eigenvalue weighted by molar-refractivity contribution is 7.47. The van der Waals surface area contributed by atoms with E-state index >= 15 is 4.39 Å². The number of ether oxygens (including phenoxy) is 2. The normalized spacial score (nSPS) is 12.5. The zero-order valence-electron chi connectivity index (χ0n) is 22.2. The Kier molecular flexibility index (Phi) is 9.95. The molecule has 1 N–H and O–H groups in total. The summed E-state index contributed by atoms with van der Waals surface area (Å²) in [4.78, 5) is 37.0. The Morgan fingerprint density at radius 1 is 0.977 bits per heavy atom. The maximum atomic E-state index is 15.2. The molecule has 1 aromatic heterocycles. The Labute approximate surface area is 245 Å². The van der Waals surface area contributed by atoms with Crippen LogP contribution < -0.4 is 19.5 Å². The van der Waals surface area contributed by atoms with Crippen molar-refractivity contribution in [3.63, 3.8) is 0 Å². The molecule has 0 aliphatic heterocycles. The molecule has 43 heavy (non-hydrogen) atoms. The van der Waals surface area contributed by atoms with Gasteiger partial charge in [-0.05, 0) is 55.1 Å². The Bertz CT molecular complexity index is 1720. The highest BCUT2D eigenvalue weighted by atomic mass is 32.1. The summed E-state index contributed by atoms with van der Waals surface area (Å²) in [6.07, 6.45) is 0.634. The van der Waals surface area contributed by atoms with Crippen molar-refractivity contribution in [1.82, 2.24) is 0 Å². The highest BCUT2D eigenvalue weighted by Crippen LogP contribution is 2.35. The molecule has 1 heterocycles. The van der Waals surface area contributed by atoms with E-state index in [4.69, 9.17) is 9.26 Å². The summed E-state index contributed by atoms with van der Waals surface area (Å²) < 4.78 is 98.4. The molecule has 0 aliphatic carbocycles. The molecular formula is C28H20F6NO6PS. The fourth-order valence-electron chi connectivity index (χ4n) is 3.61. The van der Waals surface area contributed by atoms with Gasteiger partial charge in [-0.1, -0.05) is 19.1 Å². The number of fused-ring (bicyclic) bond motifs is 1. The third-order valence-corrected chi connectivity index (χ3v) is 7.76. The maximum absolute atomic E-state index is 15.2. The van der Waals surface area contributed by atoms with Gasteiger partial charge in [-0.15, -0.1) is 11.3 Å².